The van der Waals surface area contributed by atoms with Gasteiger partial charge in [0.25, 0.3) is 5.56 Å². The van der Waals surface area contributed by atoms with Crippen LogP contribution in [0.2, 0.25) is 0 Å². The Kier molecular flexibility index (Phi) is 5.15. The molecule has 0 unspecified atom stereocenters. The number of aromatic nitrogens is 2. The number of nitrogens with zero attached hydrogens (tertiary/aromatic N) is 3. The summed E-state index contributed by atoms with van der Waals surface area (Å²) in [5.41, 5.74) is 0.192. The van der Waals surface area contributed by atoms with Crippen LogP contribution in [0.1, 0.15) is 13.8 Å². The summed E-state index contributed by atoms with van der Waals surface area (Å²) >= 11 is 3.30. The zero-order valence-corrected chi connectivity index (χ0v) is 14.3. The maximum absolute atomic E-state index is 12.4. The average Bonchev–Trinajstić information content (AvgIpc) is 2.47. The molecule has 1 heterocycles. The van der Waals surface area contributed by atoms with Crippen molar-refractivity contribution in [3.05, 3.63) is 39.4 Å². The topological polar surface area (TPSA) is 92.5 Å². The monoisotopic (exact) mass is 381 g/mol. The van der Waals surface area contributed by atoms with Gasteiger partial charge in [-0.25, -0.2) is 4.98 Å². The van der Waals surface area contributed by atoms with Gasteiger partial charge in [-0.3, -0.25) is 19.0 Å². The molecule has 0 fully saturated rings. The van der Waals surface area contributed by atoms with E-state index in [0.717, 1.165) is 4.47 Å². The molecule has 0 bridgehead atoms. The van der Waals surface area contributed by atoms with Gasteiger partial charge >= 0.3 is 5.97 Å². The second-order valence-electron chi connectivity index (χ2n) is 5.35. The standard InChI is InChI=1S/C15H16BrN3O4/c1-9(2)19(7-14(21)22)13(20)6-18-8-17-12-4-3-10(16)5-11(12)15(18)23/h3-5,8-9H,6-7H2,1-2H3,(H,21,22). The number of amides is 1. The first-order chi connectivity index (χ1) is 10.8. The summed E-state index contributed by atoms with van der Waals surface area (Å²) in [5.74, 6) is -1.54. The van der Waals surface area contributed by atoms with Crippen LogP contribution in [0, 0.1) is 0 Å². The van der Waals surface area contributed by atoms with Gasteiger partial charge in [0, 0.05) is 10.5 Å². The predicted octanol–water partition coefficient (Wildman–Crippen LogP) is 1.48. The molecule has 0 aliphatic rings. The van der Waals surface area contributed by atoms with E-state index in [9.17, 15) is 14.4 Å². The van der Waals surface area contributed by atoms with Crippen molar-refractivity contribution in [2.75, 3.05) is 6.54 Å². The zero-order valence-electron chi connectivity index (χ0n) is 12.7. The first-order valence-electron chi connectivity index (χ1n) is 6.95. The number of fused-ring (bicyclic) bond motifs is 1. The van der Waals surface area contributed by atoms with Gasteiger partial charge in [-0.05, 0) is 32.0 Å². The molecule has 1 N–H and O–H groups in total. The van der Waals surface area contributed by atoms with Gasteiger partial charge in [0.2, 0.25) is 5.91 Å². The molecule has 2 rings (SSSR count). The molecule has 0 atom stereocenters. The lowest BCUT2D eigenvalue weighted by atomic mass is 10.2. The number of carboxylic acids is 1. The molecular formula is C15H16BrN3O4. The van der Waals surface area contributed by atoms with Crippen molar-refractivity contribution in [3.8, 4) is 0 Å². The van der Waals surface area contributed by atoms with Crippen LogP contribution in [0.15, 0.2) is 33.8 Å². The summed E-state index contributed by atoms with van der Waals surface area (Å²) in [6.07, 6.45) is 1.30. The highest BCUT2D eigenvalue weighted by Crippen LogP contribution is 2.14. The SMILES string of the molecule is CC(C)N(CC(=O)O)C(=O)Cn1cnc2ccc(Br)cc2c1=O. The van der Waals surface area contributed by atoms with Gasteiger partial charge in [-0.1, -0.05) is 15.9 Å². The largest absolute Gasteiger partial charge is 0.480 e. The lowest BCUT2D eigenvalue weighted by Crippen LogP contribution is -2.43. The summed E-state index contributed by atoms with van der Waals surface area (Å²) in [5, 5.41) is 9.29. The number of aliphatic carboxylic acids is 1. The molecule has 23 heavy (non-hydrogen) atoms. The second-order valence-corrected chi connectivity index (χ2v) is 6.26. The van der Waals surface area contributed by atoms with E-state index >= 15 is 0 Å². The summed E-state index contributed by atoms with van der Waals surface area (Å²) in [4.78, 5) is 41.0. The number of halogens is 1. The smallest absolute Gasteiger partial charge is 0.323 e. The maximum atomic E-state index is 12.4. The molecule has 7 nitrogen and oxygen atoms in total. The van der Waals surface area contributed by atoms with Crippen LogP contribution in [0.3, 0.4) is 0 Å². The molecule has 0 saturated heterocycles. The summed E-state index contributed by atoms with van der Waals surface area (Å²) < 4.78 is 1.93. The van der Waals surface area contributed by atoms with Gasteiger partial charge < -0.3 is 10.0 Å². The quantitative estimate of drug-likeness (QED) is 0.846. The van der Waals surface area contributed by atoms with E-state index in [4.69, 9.17) is 5.11 Å². The van der Waals surface area contributed by atoms with Crippen LogP contribution in [0.4, 0.5) is 0 Å². The Hall–Kier alpha value is -2.22. The number of carbonyl (C=O) groups excluding carboxylic acids is 1. The van der Waals surface area contributed by atoms with Crippen LogP contribution >= 0.6 is 15.9 Å². The van der Waals surface area contributed by atoms with Crippen LogP contribution in [-0.2, 0) is 16.1 Å². The third-order valence-corrected chi connectivity index (χ3v) is 3.83. The molecule has 0 aliphatic carbocycles. The lowest BCUT2D eigenvalue weighted by Gasteiger charge is -2.25. The Balaban J connectivity index is 2.34. The van der Waals surface area contributed by atoms with Crippen molar-refractivity contribution < 1.29 is 14.7 Å². The Labute approximate surface area is 140 Å². The van der Waals surface area contributed by atoms with Gasteiger partial charge in [0.15, 0.2) is 0 Å². The van der Waals surface area contributed by atoms with Crippen molar-refractivity contribution >= 4 is 38.7 Å². The predicted molar refractivity (Wildman–Crippen MR) is 88.2 cm³/mol. The van der Waals surface area contributed by atoms with Crippen molar-refractivity contribution in [1.29, 1.82) is 0 Å². The Morgan fingerprint density at radius 1 is 1.39 bits per heavy atom. The average molecular weight is 382 g/mol. The first-order valence-corrected chi connectivity index (χ1v) is 7.75. The van der Waals surface area contributed by atoms with Crippen molar-refractivity contribution in [2.24, 2.45) is 0 Å². The van der Waals surface area contributed by atoms with Gasteiger partial charge in [0.05, 0.1) is 17.2 Å². The fourth-order valence-electron chi connectivity index (χ4n) is 2.18. The molecule has 0 spiro atoms. The highest BCUT2D eigenvalue weighted by Gasteiger charge is 2.20. The maximum Gasteiger partial charge on any atom is 0.323 e. The molecule has 8 heteroatoms. The molecule has 0 saturated carbocycles. The molecule has 0 aliphatic heterocycles. The third kappa shape index (κ3) is 3.95. The Morgan fingerprint density at radius 2 is 2.09 bits per heavy atom. The normalized spacial score (nSPS) is 11.0. The number of benzene rings is 1. The van der Waals surface area contributed by atoms with Crippen LogP contribution in [0.5, 0.6) is 0 Å². The second kappa shape index (κ2) is 6.91. The first kappa shape index (κ1) is 17.1. The van der Waals surface area contributed by atoms with Crippen LogP contribution in [0.25, 0.3) is 10.9 Å². The van der Waals surface area contributed by atoms with E-state index in [1.165, 1.54) is 15.8 Å². The van der Waals surface area contributed by atoms with E-state index in [2.05, 4.69) is 20.9 Å². The van der Waals surface area contributed by atoms with E-state index < -0.39 is 18.4 Å². The number of rotatable bonds is 5. The van der Waals surface area contributed by atoms with E-state index in [-0.39, 0.29) is 18.1 Å². The number of hydrogen-bond acceptors (Lipinski definition) is 4. The lowest BCUT2D eigenvalue weighted by molar-refractivity contribution is -0.146. The molecule has 1 aromatic heterocycles. The van der Waals surface area contributed by atoms with Crippen LogP contribution in [-0.4, -0.2) is 44.0 Å². The van der Waals surface area contributed by atoms with E-state index in [0.29, 0.717) is 10.9 Å². The van der Waals surface area contributed by atoms with Gasteiger partial charge in [-0.2, -0.15) is 0 Å². The third-order valence-electron chi connectivity index (χ3n) is 3.34. The molecule has 0 radical (unpaired) electrons. The minimum absolute atomic E-state index is 0.250. The summed E-state index contributed by atoms with van der Waals surface area (Å²) in [6.45, 7) is 2.79. The highest BCUT2D eigenvalue weighted by molar-refractivity contribution is 9.10. The highest BCUT2D eigenvalue weighted by atomic mass is 79.9. The fraction of sp³-hybridized carbons (Fsp3) is 0.333. The molecule has 2 aromatic rings. The molecular weight excluding hydrogens is 366 g/mol. The van der Waals surface area contributed by atoms with Crippen LogP contribution < -0.4 is 5.56 Å². The van der Waals surface area contributed by atoms with Gasteiger partial charge in [-0.15, -0.1) is 0 Å². The number of carbonyl (C=O) groups is 2. The number of carboxylic acid groups (broad SMARTS) is 1. The van der Waals surface area contributed by atoms with E-state index in [1.807, 2.05) is 0 Å². The summed E-state index contributed by atoms with van der Waals surface area (Å²) in [7, 11) is 0. The van der Waals surface area contributed by atoms with Crippen molar-refractivity contribution in [3.63, 3.8) is 0 Å². The van der Waals surface area contributed by atoms with E-state index in [1.54, 1.807) is 32.0 Å². The summed E-state index contributed by atoms with van der Waals surface area (Å²) in [6, 6.07) is 4.84. The molecule has 1 aromatic carbocycles. The molecule has 1 amide bonds. The minimum atomic E-state index is -1.10. The fourth-order valence-corrected chi connectivity index (χ4v) is 2.55. The Bertz CT molecular complexity index is 816. The van der Waals surface area contributed by atoms with Gasteiger partial charge in [0.1, 0.15) is 13.1 Å². The minimum Gasteiger partial charge on any atom is -0.480 e. The van der Waals surface area contributed by atoms with Crippen molar-refractivity contribution in [1.82, 2.24) is 14.5 Å². The number of hydrogen-bond donors (Lipinski definition) is 1. The Morgan fingerprint density at radius 3 is 2.70 bits per heavy atom. The zero-order chi connectivity index (χ0) is 17.1. The van der Waals surface area contributed by atoms with Crippen molar-refractivity contribution in [2.45, 2.75) is 26.4 Å². The molecule has 122 valence electrons.